The van der Waals surface area contributed by atoms with Crippen molar-refractivity contribution in [3.63, 3.8) is 0 Å². The molecular weight excluding hydrogens is 616 g/mol. The van der Waals surface area contributed by atoms with Gasteiger partial charge in [-0.05, 0) is 72.2 Å². The highest BCUT2D eigenvalue weighted by molar-refractivity contribution is 7.82. The molecule has 0 aliphatic heterocycles. The molecule has 0 radical (unpaired) electrons. The van der Waals surface area contributed by atoms with E-state index in [0.29, 0.717) is 23.5 Å². The van der Waals surface area contributed by atoms with Gasteiger partial charge in [-0.3, -0.25) is 19.4 Å². The molecule has 254 valence electrons. The highest BCUT2D eigenvalue weighted by atomic mass is 32.2. The summed E-state index contributed by atoms with van der Waals surface area (Å²) in [5.41, 5.74) is 7.59. The van der Waals surface area contributed by atoms with E-state index in [4.69, 9.17) is 5.73 Å². The molecule has 1 heterocycles. The van der Waals surface area contributed by atoms with E-state index in [9.17, 15) is 23.7 Å². The number of amides is 3. The summed E-state index contributed by atoms with van der Waals surface area (Å²) < 4.78 is 15.3. The summed E-state index contributed by atoms with van der Waals surface area (Å²) in [7, 11) is -1.59. The van der Waals surface area contributed by atoms with Crippen LogP contribution in [0.1, 0.15) is 56.2 Å². The largest absolute Gasteiger partial charge is 0.399 e. The summed E-state index contributed by atoms with van der Waals surface area (Å²) in [6.07, 6.45) is 0.692. The Balaban J connectivity index is 1.78. The summed E-state index contributed by atoms with van der Waals surface area (Å²) in [5, 5.41) is 19.9. The van der Waals surface area contributed by atoms with Crippen LogP contribution in [0.25, 0.3) is 0 Å². The molecule has 0 spiro atoms. The van der Waals surface area contributed by atoms with Crippen molar-refractivity contribution in [3.8, 4) is 0 Å². The molecule has 12 heteroatoms. The Labute approximate surface area is 280 Å². The molecule has 0 aliphatic carbocycles. The number of nitrogens with one attached hydrogen (secondary N) is 3. The number of rotatable bonds is 15. The number of aliphatic hydroxyl groups excluding tert-OH is 1. The van der Waals surface area contributed by atoms with E-state index in [1.165, 1.54) is 6.20 Å². The van der Waals surface area contributed by atoms with Crippen LogP contribution in [0.2, 0.25) is 0 Å². The van der Waals surface area contributed by atoms with Crippen molar-refractivity contribution in [3.05, 3.63) is 89.7 Å². The zero-order valence-electron chi connectivity index (χ0n) is 28.0. The van der Waals surface area contributed by atoms with Crippen LogP contribution in [-0.4, -0.2) is 74.1 Å². The maximum absolute atomic E-state index is 13.9. The smallest absolute Gasteiger partial charge is 0.270 e. The van der Waals surface area contributed by atoms with Crippen LogP contribution in [0.3, 0.4) is 0 Å². The average molecular weight is 665 g/mol. The number of aliphatic hydroxyl groups is 1. The Morgan fingerprint density at radius 2 is 1.64 bits per heavy atom. The maximum atomic E-state index is 13.9. The van der Waals surface area contributed by atoms with Crippen molar-refractivity contribution in [1.82, 2.24) is 25.2 Å². The summed E-state index contributed by atoms with van der Waals surface area (Å²) in [5.74, 6) is -1.41. The molecular formula is C35H48N6O5S. The SMILES string of the molecule is Cc1ccnc(C(=O)NCC(=O)N[C@H](C(=O)N[C@@H](Cc2ccccc2)[C@H](O)CN(CC(C)C)S(=O)c2ccc(N)cc2)C(C)(C)C)c1. The lowest BCUT2D eigenvalue weighted by atomic mass is 9.85. The maximum Gasteiger partial charge on any atom is 0.270 e. The topological polar surface area (TPSA) is 167 Å². The van der Waals surface area contributed by atoms with Gasteiger partial charge in [0.1, 0.15) is 22.7 Å². The number of aryl methyl sites for hydroxylation is 1. The van der Waals surface area contributed by atoms with Crippen molar-refractivity contribution in [2.75, 3.05) is 25.4 Å². The second-order valence-corrected chi connectivity index (χ2v) is 14.7. The molecule has 0 aliphatic rings. The fourth-order valence-corrected chi connectivity index (χ4v) is 6.29. The predicted octanol–water partition coefficient (Wildman–Crippen LogP) is 3.00. The lowest BCUT2D eigenvalue weighted by Crippen LogP contribution is -2.59. The zero-order valence-corrected chi connectivity index (χ0v) is 28.8. The number of carbonyl (C=O) groups is 3. The van der Waals surface area contributed by atoms with Crippen LogP contribution >= 0.6 is 0 Å². The number of benzene rings is 2. The third-order valence-electron chi connectivity index (χ3n) is 7.36. The van der Waals surface area contributed by atoms with Crippen molar-refractivity contribution < 1.29 is 23.7 Å². The van der Waals surface area contributed by atoms with Crippen LogP contribution in [0.5, 0.6) is 0 Å². The van der Waals surface area contributed by atoms with Gasteiger partial charge in [0, 0.05) is 25.0 Å². The summed E-state index contributed by atoms with van der Waals surface area (Å²) in [4.78, 5) is 43.9. The van der Waals surface area contributed by atoms with Crippen molar-refractivity contribution in [2.24, 2.45) is 11.3 Å². The van der Waals surface area contributed by atoms with Crippen LogP contribution < -0.4 is 21.7 Å². The molecule has 1 unspecified atom stereocenters. The number of anilines is 1. The van der Waals surface area contributed by atoms with Gasteiger partial charge in [-0.2, -0.15) is 0 Å². The lowest BCUT2D eigenvalue weighted by Gasteiger charge is -2.34. The van der Waals surface area contributed by atoms with Gasteiger partial charge < -0.3 is 26.8 Å². The van der Waals surface area contributed by atoms with Gasteiger partial charge in [0.05, 0.1) is 23.6 Å². The number of nitrogens with zero attached hydrogens (tertiary/aromatic N) is 2. The first-order chi connectivity index (χ1) is 22.1. The molecule has 3 aromatic rings. The summed E-state index contributed by atoms with van der Waals surface area (Å²) in [6, 6.07) is 17.8. The minimum absolute atomic E-state index is 0.0124. The fraction of sp³-hybridized carbons (Fsp3) is 0.429. The van der Waals surface area contributed by atoms with Gasteiger partial charge in [0.2, 0.25) is 11.8 Å². The number of nitrogens with two attached hydrogens (primary N) is 1. The van der Waals surface area contributed by atoms with Crippen LogP contribution in [0.4, 0.5) is 5.69 Å². The van der Waals surface area contributed by atoms with E-state index in [2.05, 4.69) is 20.9 Å². The molecule has 3 amide bonds. The molecule has 4 atom stereocenters. The van der Waals surface area contributed by atoms with Gasteiger partial charge in [-0.1, -0.05) is 65.0 Å². The van der Waals surface area contributed by atoms with E-state index < -0.39 is 52.3 Å². The minimum atomic E-state index is -1.59. The van der Waals surface area contributed by atoms with Gasteiger partial charge in [0.25, 0.3) is 5.91 Å². The third-order valence-corrected chi connectivity index (χ3v) is 8.80. The van der Waals surface area contributed by atoms with E-state index in [0.717, 1.165) is 11.1 Å². The Kier molecular flexibility index (Phi) is 13.6. The molecule has 0 fully saturated rings. The van der Waals surface area contributed by atoms with Gasteiger partial charge in [-0.25, -0.2) is 8.51 Å². The van der Waals surface area contributed by atoms with Crippen molar-refractivity contribution >= 4 is 34.4 Å². The number of hydrogen-bond acceptors (Lipinski definition) is 7. The monoisotopic (exact) mass is 664 g/mol. The second kappa shape index (κ2) is 17.1. The number of carbonyl (C=O) groups excluding carboxylic acids is 3. The summed E-state index contributed by atoms with van der Waals surface area (Å²) >= 11 is 0. The third kappa shape index (κ3) is 11.9. The number of pyridine rings is 1. The first-order valence-electron chi connectivity index (χ1n) is 15.7. The highest BCUT2D eigenvalue weighted by Crippen LogP contribution is 2.21. The first kappa shape index (κ1) is 37.3. The predicted molar refractivity (Wildman–Crippen MR) is 184 cm³/mol. The van der Waals surface area contributed by atoms with Crippen LogP contribution in [0, 0.1) is 18.3 Å². The highest BCUT2D eigenvalue weighted by Gasteiger charge is 2.36. The second-order valence-electron chi connectivity index (χ2n) is 13.2. The Bertz CT molecular complexity index is 1510. The van der Waals surface area contributed by atoms with Crippen molar-refractivity contribution in [2.45, 2.75) is 71.0 Å². The quantitative estimate of drug-likeness (QED) is 0.156. The lowest BCUT2D eigenvalue weighted by molar-refractivity contribution is -0.132. The molecule has 11 nitrogen and oxygen atoms in total. The Hall–Kier alpha value is -4.13. The standard InChI is InChI=1S/C35H48N6O5S/c1-23(2)21-41(47(46)27-14-12-26(36)13-15-27)22-30(42)28(19-25-10-8-7-9-11-25)39-34(45)32(35(4,5)6)40-31(43)20-38-33(44)29-18-24(3)16-17-37-29/h7-18,23,28,30,32,42H,19-22,36H2,1-6H3,(H,38,44)(H,39,45)(H,40,43)/t28-,30+,32+,47?/m0/s1. The average Bonchev–Trinajstić information content (AvgIpc) is 3.01. The molecule has 3 rings (SSSR count). The van der Waals surface area contributed by atoms with E-state index >= 15 is 0 Å². The van der Waals surface area contributed by atoms with Crippen LogP contribution in [0.15, 0.2) is 77.8 Å². The van der Waals surface area contributed by atoms with Crippen LogP contribution in [-0.2, 0) is 27.0 Å². The van der Waals surface area contributed by atoms with Crippen molar-refractivity contribution in [1.29, 1.82) is 0 Å². The molecule has 47 heavy (non-hydrogen) atoms. The Morgan fingerprint density at radius 1 is 0.979 bits per heavy atom. The zero-order chi connectivity index (χ0) is 34.7. The fourth-order valence-electron chi connectivity index (χ4n) is 4.90. The molecule has 0 saturated heterocycles. The number of hydrogen-bond donors (Lipinski definition) is 5. The van der Waals surface area contributed by atoms with E-state index in [-0.39, 0.29) is 24.7 Å². The Morgan fingerprint density at radius 3 is 2.23 bits per heavy atom. The number of nitrogen functional groups attached to an aromatic ring is 1. The molecule has 2 aromatic carbocycles. The molecule has 1 aromatic heterocycles. The molecule has 0 saturated carbocycles. The summed E-state index contributed by atoms with van der Waals surface area (Å²) in [6.45, 7) is 11.4. The first-order valence-corrected chi connectivity index (χ1v) is 16.8. The van der Waals surface area contributed by atoms with Gasteiger partial charge in [-0.15, -0.1) is 0 Å². The normalized spacial score (nSPS) is 14.2. The number of aromatic nitrogens is 1. The minimum Gasteiger partial charge on any atom is -0.399 e. The molecule has 6 N–H and O–H groups in total. The van der Waals surface area contributed by atoms with Gasteiger partial charge >= 0.3 is 0 Å². The van der Waals surface area contributed by atoms with Gasteiger partial charge in [0.15, 0.2) is 0 Å². The van der Waals surface area contributed by atoms with E-state index in [1.54, 1.807) is 40.7 Å². The van der Waals surface area contributed by atoms with E-state index in [1.807, 2.05) is 71.9 Å². The molecule has 0 bridgehead atoms.